The molecule has 0 aliphatic heterocycles. The number of carboxylic acid groups (broad SMARTS) is 1. The van der Waals surface area contributed by atoms with Crippen LogP contribution in [0.4, 0.5) is 8.78 Å². The Kier molecular flexibility index (Phi) is 6.78. The summed E-state index contributed by atoms with van der Waals surface area (Å²) in [7, 11) is 0. The Hall–Kier alpha value is -1.98. The van der Waals surface area contributed by atoms with Crippen LogP contribution in [-0.4, -0.2) is 23.5 Å². The zero-order valence-corrected chi connectivity index (χ0v) is 11.9. The van der Waals surface area contributed by atoms with E-state index in [0.717, 1.165) is 6.07 Å². The SMILES string of the molecule is CC(CC(=O)NCCCCC(=O)O)c1ccc(F)cc1F. The first-order valence-electron chi connectivity index (χ1n) is 6.83. The number of nitrogens with one attached hydrogen (secondary N) is 1. The van der Waals surface area contributed by atoms with E-state index < -0.39 is 17.6 Å². The van der Waals surface area contributed by atoms with Crippen molar-refractivity contribution < 1.29 is 23.5 Å². The van der Waals surface area contributed by atoms with Gasteiger partial charge in [-0.3, -0.25) is 9.59 Å². The number of hydrogen-bond donors (Lipinski definition) is 2. The molecule has 1 aromatic rings. The van der Waals surface area contributed by atoms with E-state index in [4.69, 9.17) is 5.11 Å². The zero-order chi connectivity index (χ0) is 15.8. The molecular weight excluding hydrogens is 280 g/mol. The van der Waals surface area contributed by atoms with E-state index >= 15 is 0 Å². The highest BCUT2D eigenvalue weighted by molar-refractivity contribution is 5.76. The van der Waals surface area contributed by atoms with Crippen LogP contribution in [-0.2, 0) is 9.59 Å². The maximum absolute atomic E-state index is 13.6. The first kappa shape index (κ1) is 17.1. The number of hydrogen-bond acceptors (Lipinski definition) is 2. The third-order valence-electron chi connectivity index (χ3n) is 3.12. The maximum atomic E-state index is 13.6. The molecule has 0 heterocycles. The van der Waals surface area contributed by atoms with Crippen molar-refractivity contribution in [2.24, 2.45) is 0 Å². The van der Waals surface area contributed by atoms with Crippen LogP contribution in [0.25, 0.3) is 0 Å². The van der Waals surface area contributed by atoms with Crippen LogP contribution < -0.4 is 5.32 Å². The Bertz CT molecular complexity index is 506. The second kappa shape index (κ2) is 8.34. The number of carboxylic acids is 1. The summed E-state index contributed by atoms with van der Waals surface area (Å²) < 4.78 is 26.4. The summed E-state index contributed by atoms with van der Waals surface area (Å²) in [4.78, 5) is 22.0. The minimum Gasteiger partial charge on any atom is -0.481 e. The summed E-state index contributed by atoms with van der Waals surface area (Å²) in [6, 6.07) is 3.31. The zero-order valence-electron chi connectivity index (χ0n) is 11.9. The summed E-state index contributed by atoms with van der Waals surface area (Å²) in [5, 5.41) is 11.1. The number of unbranched alkanes of at least 4 members (excludes halogenated alkanes) is 1. The fraction of sp³-hybridized carbons (Fsp3) is 0.467. The number of benzene rings is 1. The van der Waals surface area contributed by atoms with Gasteiger partial charge in [0.25, 0.3) is 0 Å². The minimum absolute atomic E-state index is 0.0765. The minimum atomic E-state index is -0.860. The van der Waals surface area contributed by atoms with Crippen LogP contribution in [0.15, 0.2) is 18.2 Å². The molecule has 0 spiro atoms. The van der Waals surface area contributed by atoms with Gasteiger partial charge in [-0.05, 0) is 30.4 Å². The number of amides is 1. The van der Waals surface area contributed by atoms with Crippen molar-refractivity contribution in [2.75, 3.05) is 6.54 Å². The molecule has 0 saturated heterocycles. The van der Waals surface area contributed by atoms with Gasteiger partial charge in [0.1, 0.15) is 11.6 Å². The molecule has 0 aliphatic rings. The molecule has 0 fully saturated rings. The topological polar surface area (TPSA) is 66.4 Å². The van der Waals surface area contributed by atoms with E-state index in [2.05, 4.69) is 5.32 Å². The summed E-state index contributed by atoms with van der Waals surface area (Å²) in [5.41, 5.74) is 0.303. The summed E-state index contributed by atoms with van der Waals surface area (Å²) >= 11 is 0. The molecule has 6 heteroatoms. The number of halogens is 2. The maximum Gasteiger partial charge on any atom is 0.303 e. The van der Waals surface area contributed by atoms with Gasteiger partial charge in [-0.25, -0.2) is 8.78 Å². The van der Waals surface area contributed by atoms with Gasteiger partial charge in [-0.2, -0.15) is 0 Å². The van der Waals surface area contributed by atoms with E-state index in [1.807, 2.05) is 0 Å². The number of aliphatic carboxylic acids is 1. The van der Waals surface area contributed by atoms with Crippen molar-refractivity contribution >= 4 is 11.9 Å². The molecule has 1 rings (SSSR count). The Morgan fingerprint density at radius 2 is 2.00 bits per heavy atom. The lowest BCUT2D eigenvalue weighted by Gasteiger charge is -2.13. The molecule has 0 saturated carbocycles. The molecule has 1 aromatic carbocycles. The van der Waals surface area contributed by atoms with Crippen molar-refractivity contribution in [3.63, 3.8) is 0 Å². The van der Waals surface area contributed by atoms with Gasteiger partial charge >= 0.3 is 5.97 Å². The van der Waals surface area contributed by atoms with E-state index in [-0.39, 0.29) is 24.7 Å². The molecule has 1 amide bonds. The van der Waals surface area contributed by atoms with E-state index in [0.29, 0.717) is 24.9 Å². The normalized spacial score (nSPS) is 12.0. The Morgan fingerprint density at radius 3 is 2.62 bits per heavy atom. The molecule has 1 unspecified atom stereocenters. The molecule has 0 radical (unpaired) electrons. The third-order valence-corrected chi connectivity index (χ3v) is 3.12. The van der Waals surface area contributed by atoms with Crippen molar-refractivity contribution in [1.82, 2.24) is 5.32 Å². The summed E-state index contributed by atoms with van der Waals surface area (Å²) in [6.07, 6.45) is 1.25. The van der Waals surface area contributed by atoms with Crippen LogP contribution in [0.1, 0.15) is 44.1 Å². The average Bonchev–Trinajstić information content (AvgIpc) is 2.37. The van der Waals surface area contributed by atoms with Crippen LogP contribution in [0.3, 0.4) is 0 Å². The number of rotatable bonds is 8. The lowest BCUT2D eigenvalue weighted by atomic mass is 9.97. The molecule has 0 aromatic heterocycles. The van der Waals surface area contributed by atoms with Gasteiger partial charge < -0.3 is 10.4 Å². The van der Waals surface area contributed by atoms with Crippen molar-refractivity contribution in [3.8, 4) is 0 Å². The fourth-order valence-electron chi connectivity index (χ4n) is 1.99. The summed E-state index contributed by atoms with van der Waals surface area (Å²) in [6.45, 7) is 2.09. The van der Waals surface area contributed by atoms with Gasteiger partial charge in [-0.1, -0.05) is 13.0 Å². The fourth-order valence-corrected chi connectivity index (χ4v) is 1.99. The molecular formula is C15H19F2NO3. The van der Waals surface area contributed by atoms with Crippen LogP contribution >= 0.6 is 0 Å². The summed E-state index contributed by atoms with van der Waals surface area (Å²) in [5.74, 6) is -2.75. The molecule has 0 aliphatic carbocycles. The van der Waals surface area contributed by atoms with Crippen molar-refractivity contribution in [3.05, 3.63) is 35.4 Å². The van der Waals surface area contributed by atoms with Gasteiger partial charge in [0.15, 0.2) is 0 Å². The highest BCUT2D eigenvalue weighted by atomic mass is 19.1. The standard InChI is InChI=1S/C15H19F2NO3/c1-10(12-6-5-11(16)9-13(12)17)8-14(19)18-7-3-2-4-15(20)21/h5-6,9-10H,2-4,7-8H2,1H3,(H,18,19)(H,20,21). The Morgan fingerprint density at radius 1 is 1.29 bits per heavy atom. The molecule has 4 nitrogen and oxygen atoms in total. The molecule has 2 N–H and O–H groups in total. The molecule has 0 bridgehead atoms. The van der Waals surface area contributed by atoms with E-state index in [9.17, 15) is 18.4 Å². The Balaban J connectivity index is 2.35. The Labute approximate surface area is 122 Å². The highest BCUT2D eigenvalue weighted by Crippen LogP contribution is 2.22. The van der Waals surface area contributed by atoms with Crippen LogP contribution in [0.2, 0.25) is 0 Å². The monoisotopic (exact) mass is 299 g/mol. The number of carbonyl (C=O) groups excluding carboxylic acids is 1. The van der Waals surface area contributed by atoms with Crippen molar-refractivity contribution in [2.45, 2.75) is 38.5 Å². The first-order valence-corrected chi connectivity index (χ1v) is 6.83. The molecule has 1 atom stereocenters. The van der Waals surface area contributed by atoms with E-state index in [1.165, 1.54) is 12.1 Å². The highest BCUT2D eigenvalue weighted by Gasteiger charge is 2.15. The van der Waals surface area contributed by atoms with Crippen LogP contribution in [0, 0.1) is 11.6 Å². The molecule has 116 valence electrons. The molecule has 21 heavy (non-hydrogen) atoms. The van der Waals surface area contributed by atoms with Crippen molar-refractivity contribution in [1.29, 1.82) is 0 Å². The predicted molar refractivity (Wildman–Crippen MR) is 73.9 cm³/mol. The number of carbonyl (C=O) groups is 2. The predicted octanol–water partition coefficient (Wildman–Crippen LogP) is 2.83. The largest absolute Gasteiger partial charge is 0.481 e. The van der Waals surface area contributed by atoms with E-state index in [1.54, 1.807) is 6.92 Å². The van der Waals surface area contributed by atoms with Gasteiger partial charge in [0.05, 0.1) is 0 Å². The second-order valence-electron chi connectivity index (χ2n) is 4.97. The third kappa shape index (κ3) is 6.33. The lowest BCUT2D eigenvalue weighted by molar-refractivity contribution is -0.137. The van der Waals surface area contributed by atoms with Gasteiger partial charge in [0.2, 0.25) is 5.91 Å². The van der Waals surface area contributed by atoms with Gasteiger partial charge in [0, 0.05) is 25.5 Å². The smallest absolute Gasteiger partial charge is 0.303 e. The van der Waals surface area contributed by atoms with Gasteiger partial charge in [-0.15, -0.1) is 0 Å². The lowest BCUT2D eigenvalue weighted by Crippen LogP contribution is -2.25. The van der Waals surface area contributed by atoms with Crippen LogP contribution in [0.5, 0.6) is 0 Å². The first-order chi connectivity index (χ1) is 9.90. The quantitative estimate of drug-likeness (QED) is 0.725. The second-order valence-corrected chi connectivity index (χ2v) is 4.97. The average molecular weight is 299 g/mol.